The predicted molar refractivity (Wildman–Crippen MR) is 65.6 cm³/mol. The molecule has 5 unspecified atom stereocenters. The van der Waals surface area contributed by atoms with Crippen LogP contribution >= 0.6 is 0 Å². The number of esters is 1. The first-order valence-corrected chi connectivity index (χ1v) is 6.81. The van der Waals surface area contributed by atoms with E-state index in [2.05, 4.69) is 13.5 Å². The van der Waals surface area contributed by atoms with E-state index >= 15 is 0 Å². The maximum Gasteiger partial charge on any atom is 0.330 e. The van der Waals surface area contributed by atoms with Gasteiger partial charge in [-0.25, -0.2) is 4.79 Å². The van der Waals surface area contributed by atoms with Gasteiger partial charge < -0.3 is 9.64 Å². The van der Waals surface area contributed by atoms with Gasteiger partial charge in [0.15, 0.2) is 0 Å². The SMILES string of the molecule is C=CC(=O)OC1C2CC3C(=O)N(CCC)C1C3C2. The third kappa shape index (κ3) is 1.44. The van der Waals surface area contributed by atoms with Crippen molar-refractivity contribution in [2.75, 3.05) is 6.54 Å². The zero-order chi connectivity index (χ0) is 12.9. The zero-order valence-corrected chi connectivity index (χ0v) is 10.7. The van der Waals surface area contributed by atoms with Gasteiger partial charge in [-0.05, 0) is 31.1 Å². The number of hydrogen-bond acceptors (Lipinski definition) is 3. The van der Waals surface area contributed by atoms with E-state index in [1.165, 1.54) is 6.08 Å². The van der Waals surface area contributed by atoms with E-state index in [1.54, 1.807) is 0 Å². The van der Waals surface area contributed by atoms with E-state index in [0.717, 1.165) is 25.8 Å². The highest BCUT2D eigenvalue weighted by molar-refractivity contribution is 5.84. The van der Waals surface area contributed by atoms with Crippen molar-refractivity contribution in [3.8, 4) is 0 Å². The van der Waals surface area contributed by atoms with Gasteiger partial charge in [0.05, 0.1) is 6.04 Å². The third-order valence-corrected chi connectivity index (χ3v) is 4.73. The van der Waals surface area contributed by atoms with Crippen molar-refractivity contribution in [1.29, 1.82) is 0 Å². The molecule has 4 nitrogen and oxygen atoms in total. The molecule has 0 aromatic rings. The molecular formula is C14H19NO3. The molecule has 1 heterocycles. The summed E-state index contributed by atoms with van der Waals surface area (Å²) in [5.74, 6) is 0.910. The van der Waals surface area contributed by atoms with Crippen LogP contribution in [0.1, 0.15) is 26.2 Å². The van der Waals surface area contributed by atoms with E-state index in [-0.39, 0.29) is 29.9 Å². The number of ether oxygens (including phenoxy) is 1. The fourth-order valence-electron chi connectivity index (χ4n) is 4.18. The minimum absolute atomic E-state index is 0.102. The van der Waals surface area contributed by atoms with Crippen LogP contribution in [-0.4, -0.2) is 35.5 Å². The number of amides is 1. The van der Waals surface area contributed by atoms with Crippen LogP contribution in [0, 0.1) is 17.8 Å². The summed E-state index contributed by atoms with van der Waals surface area (Å²) >= 11 is 0. The summed E-state index contributed by atoms with van der Waals surface area (Å²) in [6.07, 6.45) is 4.00. The Labute approximate surface area is 107 Å². The molecule has 1 amide bonds. The molecule has 0 radical (unpaired) electrons. The number of carbonyl (C=O) groups excluding carboxylic acids is 2. The highest BCUT2D eigenvalue weighted by Gasteiger charge is 2.64. The van der Waals surface area contributed by atoms with Crippen molar-refractivity contribution in [3.63, 3.8) is 0 Å². The summed E-state index contributed by atoms with van der Waals surface area (Å²) in [5.41, 5.74) is 0. The number of rotatable bonds is 4. The van der Waals surface area contributed by atoms with Crippen LogP contribution in [0.3, 0.4) is 0 Å². The first-order valence-electron chi connectivity index (χ1n) is 6.81. The molecule has 0 N–H and O–H groups in total. The average Bonchev–Trinajstić information content (AvgIpc) is 2.97. The summed E-state index contributed by atoms with van der Waals surface area (Å²) in [4.78, 5) is 25.7. The van der Waals surface area contributed by atoms with E-state index in [1.807, 2.05) is 4.90 Å². The molecule has 2 saturated carbocycles. The Morgan fingerprint density at radius 2 is 2.33 bits per heavy atom. The zero-order valence-electron chi connectivity index (χ0n) is 10.7. The highest BCUT2D eigenvalue weighted by atomic mass is 16.5. The average molecular weight is 249 g/mol. The third-order valence-electron chi connectivity index (χ3n) is 4.73. The number of hydrogen-bond donors (Lipinski definition) is 0. The van der Waals surface area contributed by atoms with Gasteiger partial charge in [-0.15, -0.1) is 0 Å². The van der Waals surface area contributed by atoms with Gasteiger partial charge in [0.2, 0.25) is 5.91 Å². The van der Waals surface area contributed by atoms with Gasteiger partial charge in [0.25, 0.3) is 0 Å². The van der Waals surface area contributed by atoms with Crippen LogP contribution in [0.5, 0.6) is 0 Å². The Morgan fingerprint density at radius 1 is 1.56 bits per heavy atom. The summed E-state index contributed by atoms with van der Waals surface area (Å²) in [6.45, 7) is 6.30. The normalized spacial score (nSPS) is 40.4. The predicted octanol–water partition coefficient (Wildman–Crippen LogP) is 1.36. The summed E-state index contributed by atoms with van der Waals surface area (Å²) < 4.78 is 5.50. The van der Waals surface area contributed by atoms with Gasteiger partial charge in [0, 0.05) is 18.5 Å². The van der Waals surface area contributed by atoms with Gasteiger partial charge in [-0.3, -0.25) is 4.79 Å². The molecule has 2 aliphatic carbocycles. The van der Waals surface area contributed by atoms with E-state index < -0.39 is 0 Å². The smallest absolute Gasteiger partial charge is 0.330 e. The van der Waals surface area contributed by atoms with Crippen molar-refractivity contribution < 1.29 is 14.3 Å². The molecule has 4 heteroatoms. The molecule has 1 saturated heterocycles. The Bertz CT molecular complexity index is 406. The summed E-state index contributed by atoms with van der Waals surface area (Å²) in [6, 6.07) is 0.130. The Morgan fingerprint density at radius 3 is 3.00 bits per heavy atom. The Kier molecular flexibility index (Phi) is 2.68. The first-order chi connectivity index (χ1) is 8.67. The van der Waals surface area contributed by atoms with E-state index in [4.69, 9.17) is 4.74 Å². The quantitative estimate of drug-likeness (QED) is 0.558. The largest absolute Gasteiger partial charge is 0.457 e. The molecule has 5 atom stereocenters. The lowest BCUT2D eigenvalue weighted by Crippen LogP contribution is -2.44. The van der Waals surface area contributed by atoms with Gasteiger partial charge >= 0.3 is 5.97 Å². The molecule has 0 aromatic carbocycles. The molecule has 0 aromatic heterocycles. The van der Waals surface area contributed by atoms with Gasteiger partial charge in [-0.2, -0.15) is 0 Å². The molecular weight excluding hydrogens is 230 g/mol. The van der Waals surface area contributed by atoms with Crippen LogP contribution in [0.4, 0.5) is 0 Å². The molecule has 18 heavy (non-hydrogen) atoms. The van der Waals surface area contributed by atoms with Crippen LogP contribution in [0.2, 0.25) is 0 Å². The number of likely N-dealkylation sites (tertiary alicyclic amines) is 1. The topological polar surface area (TPSA) is 46.6 Å². The van der Waals surface area contributed by atoms with Gasteiger partial charge in [-0.1, -0.05) is 13.5 Å². The summed E-state index contributed by atoms with van der Waals surface area (Å²) in [7, 11) is 0. The van der Waals surface area contributed by atoms with Crippen molar-refractivity contribution in [3.05, 3.63) is 12.7 Å². The van der Waals surface area contributed by atoms with Crippen LogP contribution in [0.15, 0.2) is 12.7 Å². The second kappa shape index (κ2) is 4.11. The van der Waals surface area contributed by atoms with Gasteiger partial charge in [0.1, 0.15) is 6.10 Å². The standard InChI is InChI=1S/C14H19NO3/c1-3-5-15-12-9-6-8(7-10(9)14(15)17)13(12)18-11(16)4-2/h4,8-10,12-13H,2-3,5-7H2,1H3. The molecule has 3 aliphatic rings. The second-order valence-corrected chi connectivity index (χ2v) is 5.63. The number of carbonyl (C=O) groups is 2. The Hall–Kier alpha value is -1.32. The molecule has 3 rings (SSSR count). The number of nitrogens with zero attached hydrogens (tertiary/aromatic N) is 1. The van der Waals surface area contributed by atoms with E-state index in [9.17, 15) is 9.59 Å². The molecule has 1 aliphatic heterocycles. The van der Waals surface area contributed by atoms with E-state index in [0.29, 0.717) is 11.8 Å². The lowest BCUT2D eigenvalue weighted by atomic mass is 9.87. The molecule has 0 spiro atoms. The van der Waals surface area contributed by atoms with Crippen molar-refractivity contribution in [2.45, 2.75) is 38.3 Å². The maximum atomic E-state index is 12.3. The molecule has 98 valence electrons. The maximum absolute atomic E-state index is 12.3. The lowest BCUT2D eigenvalue weighted by molar-refractivity contribution is -0.149. The van der Waals surface area contributed by atoms with Crippen LogP contribution < -0.4 is 0 Å². The number of fused-ring (bicyclic) bond motifs is 1. The highest BCUT2D eigenvalue weighted by Crippen LogP contribution is 2.56. The lowest BCUT2D eigenvalue weighted by Gasteiger charge is -2.31. The molecule has 3 fully saturated rings. The Balaban J connectivity index is 1.84. The van der Waals surface area contributed by atoms with Crippen LogP contribution in [-0.2, 0) is 14.3 Å². The first kappa shape index (κ1) is 11.8. The fraction of sp³-hybridized carbons (Fsp3) is 0.714. The minimum Gasteiger partial charge on any atom is -0.457 e. The fourth-order valence-corrected chi connectivity index (χ4v) is 4.18. The minimum atomic E-state index is -0.361. The van der Waals surface area contributed by atoms with Crippen molar-refractivity contribution in [2.24, 2.45) is 17.8 Å². The van der Waals surface area contributed by atoms with Crippen LogP contribution in [0.25, 0.3) is 0 Å². The second-order valence-electron chi connectivity index (χ2n) is 5.63. The monoisotopic (exact) mass is 249 g/mol. The summed E-state index contributed by atoms with van der Waals surface area (Å²) in [5, 5.41) is 0. The van der Waals surface area contributed by atoms with Crippen molar-refractivity contribution in [1.82, 2.24) is 4.90 Å². The molecule has 2 bridgehead atoms. The van der Waals surface area contributed by atoms with Crippen molar-refractivity contribution >= 4 is 11.9 Å².